The predicted molar refractivity (Wildman–Crippen MR) is 80.9 cm³/mol. The van der Waals surface area contributed by atoms with Crippen molar-refractivity contribution in [2.24, 2.45) is 0 Å². The van der Waals surface area contributed by atoms with Crippen molar-refractivity contribution in [2.45, 2.75) is 0 Å². The molecule has 1 heterocycles. The average molecular weight is 272 g/mol. The molecule has 0 fully saturated rings. The maximum absolute atomic E-state index is 8.82. The van der Waals surface area contributed by atoms with E-state index in [1.54, 1.807) is 18.2 Å². The Labute approximate surface area is 123 Å². The smallest absolute Gasteiger partial charge is 0.220 e. The minimum atomic E-state index is 0.341. The summed E-state index contributed by atoms with van der Waals surface area (Å²) in [7, 11) is 0. The Morgan fingerprint density at radius 1 is 0.762 bits per heavy atom. The van der Waals surface area contributed by atoms with Crippen molar-refractivity contribution in [3.8, 4) is 28.8 Å². The highest BCUT2D eigenvalue weighted by atomic mass is 16.5. The number of nitrogens with zero attached hydrogens (tertiary/aromatic N) is 2. The van der Waals surface area contributed by atoms with Gasteiger partial charge in [-0.1, -0.05) is 48.5 Å². The molecular formula is C18H12N2O. The Morgan fingerprint density at radius 2 is 1.48 bits per heavy atom. The van der Waals surface area contributed by atoms with E-state index in [2.05, 4.69) is 17.1 Å². The molecule has 21 heavy (non-hydrogen) atoms. The van der Waals surface area contributed by atoms with Crippen molar-refractivity contribution in [1.82, 2.24) is 4.98 Å². The first kappa shape index (κ1) is 12.9. The summed E-state index contributed by atoms with van der Waals surface area (Å²) in [5.74, 6) is 1.11. The van der Waals surface area contributed by atoms with Crippen molar-refractivity contribution in [3.05, 3.63) is 78.5 Å². The van der Waals surface area contributed by atoms with Crippen LogP contribution in [0.1, 0.15) is 5.69 Å². The van der Waals surface area contributed by atoms with Gasteiger partial charge in [0.1, 0.15) is 17.5 Å². The Bertz CT molecular complexity index is 774. The maximum atomic E-state index is 8.82. The van der Waals surface area contributed by atoms with Crippen LogP contribution in [-0.2, 0) is 0 Å². The summed E-state index contributed by atoms with van der Waals surface area (Å²) in [6.07, 6.45) is 0. The molecule has 1 aromatic heterocycles. The van der Waals surface area contributed by atoms with Crippen molar-refractivity contribution in [2.75, 3.05) is 0 Å². The van der Waals surface area contributed by atoms with Crippen LogP contribution in [0.3, 0.4) is 0 Å². The van der Waals surface area contributed by atoms with E-state index in [1.165, 1.54) is 0 Å². The van der Waals surface area contributed by atoms with Crippen molar-refractivity contribution in [1.29, 1.82) is 5.26 Å². The average Bonchev–Trinajstić information content (AvgIpc) is 2.56. The summed E-state index contributed by atoms with van der Waals surface area (Å²) in [5, 5.41) is 8.82. The molecule has 3 rings (SSSR count). The molecule has 0 radical (unpaired) electrons. The van der Waals surface area contributed by atoms with Gasteiger partial charge in [-0.25, -0.2) is 4.98 Å². The Balaban J connectivity index is 1.80. The van der Waals surface area contributed by atoms with Crippen molar-refractivity contribution < 1.29 is 4.74 Å². The second-order valence-electron chi connectivity index (χ2n) is 4.47. The normalized spacial score (nSPS) is 9.86. The summed E-state index contributed by atoms with van der Waals surface area (Å²) in [5.41, 5.74) is 2.63. The first-order valence-corrected chi connectivity index (χ1v) is 6.56. The van der Waals surface area contributed by atoms with Crippen LogP contribution in [0.15, 0.2) is 72.8 Å². The van der Waals surface area contributed by atoms with E-state index >= 15 is 0 Å². The molecular weight excluding hydrogens is 260 g/mol. The zero-order valence-electron chi connectivity index (χ0n) is 11.2. The second kappa shape index (κ2) is 5.89. The molecule has 0 amide bonds. The molecule has 0 spiro atoms. The van der Waals surface area contributed by atoms with Gasteiger partial charge >= 0.3 is 0 Å². The van der Waals surface area contributed by atoms with Gasteiger partial charge in [-0.2, -0.15) is 5.26 Å². The van der Waals surface area contributed by atoms with Crippen LogP contribution in [0.25, 0.3) is 11.1 Å². The van der Waals surface area contributed by atoms with Gasteiger partial charge < -0.3 is 4.74 Å². The zero-order chi connectivity index (χ0) is 14.5. The molecule has 100 valence electrons. The summed E-state index contributed by atoms with van der Waals surface area (Å²) in [6.45, 7) is 0. The largest absolute Gasteiger partial charge is 0.439 e. The first-order chi connectivity index (χ1) is 10.3. The summed E-state index contributed by atoms with van der Waals surface area (Å²) in [4.78, 5) is 4.08. The van der Waals surface area contributed by atoms with Gasteiger partial charge in [0.2, 0.25) is 5.88 Å². The highest BCUT2D eigenvalue weighted by Gasteiger charge is 2.01. The lowest BCUT2D eigenvalue weighted by molar-refractivity contribution is 0.462. The van der Waals surface area contributed by atoms with Gasteiger partial charge in [-0.3, -0.25) is 0 Å². The van der Waals surface area contributed by atoms with Crippen LogP contribution in [0, 0.1) is 11.3 Å². The molecule has 3 aromatic rings. The van der Waals surface area contributed by atoms with Gasteiger partial charge in [0.25, 0.3) is 0 Å². The fraction of sp³-hybridized carbons (Fsp3) is 0. The Kier molecular flexibility index (Phi) is 3.62. The predicted octanol–water partition coefficient (Wildman–Crippen LogP) is 4.41. The van der Waals surface area contributed by atoms with E-state index in [-0.39, 0.29) is 0 Å². The molecule has 0 aliphatic heterocycles. The molecule has 0 aliphatic carbocycles. The fourth-order valence-corrected chi connectivity index (χ4v) is 2.00. The van der Waals surface area contributed by atoms with Crippen LogP contribution in [0.2, 0.25) is 0 Å². The molecule has 3 nitrogen and oxygen atoms in total. The SMILES string of the molecule is N#Cc1cccc(Oc2ccc(-c3ccccc3)cc2)n1. The van der Waals surface area contributed by atoms with Gasteiger partial charge in [0.15, 0.2) is 0 Å². The number of ether oxygens (including phenoxy) is 1. The molecule has 2 aromatic carbocycles. The number of rotatable bonds is 3. The topological polar surface area (TPSA) is 45.9 Å². The van der Waals surface area contributed by atoms with Crippen LogP contribution in [0.4, 0.5) is 0 Å². The lowest BCUT2D eigenvalue weighted by Crippen LogP contribution is -1.89. The number of hydrogen-bond acceptors (Lipinski definition) is 3. The minimum absolute atomic E-state index is 0.341. The third-order valence-electron chi connectivity index (χ3n) is 3.02. The van der Waals surface area contributed by atoms with E-state index in [9.17, 15) is 0 Å². The van der Waals surface area contributed by atoms with Crippen molar-refractivity contribution >= 4 is 0 Å². The van der Waals surface area contributed by atoms with Crippen molar-refractivity contribution in [3.63, 3.8) is 0 Å². The Morgan fingerprint density at radius 3 is 2.19 bits per heavy atom. The van der Waals surface area contributed by atoms with E-state index in [1.807, 2.05) is 48.5 Å². The van der Waals surface area contributed by atoms with Gasteiger partial charge in [-0.05, 0) is 29.3 Å². The third kappa shape index (κ3) is 3.07. The van der Waals surface area contributed by atoms with E-state index in [4.69, 9.17) is 10.00 Å². The molecule has 0 atom stereocenters. The zero-order valence-corrected chi connectivity index (χ0v) is 11.2. The summed E-state index contributed by atoms with van der Waals surface area (Å²) in [6, 6.07) is 25.0. The first-order valence-electron chi connectivity index (χ1n) is 6.56. The molecule has 0 unspecified atom stereocenters. The highest BCUT2D eigenvalue weighted by Crippen LogP contribution is 2.24. The molecule has 0 saturated heterocycles. The number of pyridine rings is 1. The van der Waals surface area contributed by atoms with Gasteiger partial charge in [0, 0.05) is 6.07 Å². The molecule has 0 bridgehead atoms. The van der Waals surface area contributed by atoms with Crippen LogP contribution in [0.5, 0.6) is 11.6 Å². The Hall–Kier alpha value is -3.12. The lowest BCUT2D eigenvalue weighted by atomic mass is 10.1. The lowest BCUT2D eigenvalue weighted by Gasteiger charge is -2.06. The number of aromatic nitrogens is 1. The summed E-state index contributed by atoms with van der Waals surface area (Å²) >= 11 is 0. The molecule has 0 N–H and O–H groups in total. The van der Waals surface area contributed by atoms with E-state index in [0.29, 0.717) is 17.3 Å². The highest BCUT2D eigenvalue weighted by molar-refractivity contribution is 5.63. The standard InChI is InChI=1S/C18H12N2O/c19-13-16-7-4-8-18(20-16)21-17-11-9-15(10-12-17)14-5-2-1-3-6-14/h1-12H. The second-order valence-corrected chi connectivity index (χ2v) is 4.47. The molecule has 0 saturated carbocycles. The molecule has 0 aliphatic rings. The van der Waals surface area contributed by atoms with Crippen LogP contribution < -0.4 is 4.74 Å². The number of benzene rings is 2. The maximum Gasteiger partial charge on any atom is 0.220 e. The van der Waals surface area contributed by atoms with E-state index in [0.717, 1.165) is 11.1 Å². The number of hydrogen-bond donors (Lipinski definition) is 0. The van der Waals surface area contributed by atoms with Crippen LogP contribution >= 0.6 is 0 Å². The van der Waals surface area contributed by atoms with Gasteiger partial charge in [-0.15, -0.1) is 0 Å². The third-order valence-corrected chi connectivity index (χ3v) is 3.02. The monoisotopic (exact) mass is 272 g/mol. The quantitative estimate of drug-likeness (QED) is 0.709. The van der Waals surface area contributed by atoms with E-state index < -0.39 is 0 Å². The summed E-state index contributed by atoms with van der Waals surface area (Å²) < 4.78 is 5.65. The molecule has 3 heteroatoms. The fourth-order valence-electron chi connectivity index (χ4n) is 2.00. The minimum Gasteiger partial charge on any atom is -0.439 e. The van der Waals surface area contributed by atoms with Gasteiger partial charge in [0.05, 0.1) is 0 Å². The number of nitriles is 1. The van der Waals surface area contributed by atoms with Crippen LogP contribution in [-0.4, -0.2) is 4.98 Å².